The maximum absolute atomic E-state index is 14.1. The number of anilines is 2. The molecule has 2 aromatic rings. The van der Waals surface area contributed by atoms with Crippen LogP contribution in [-0.4, -0.2) is 35.6 Å². The van der Waals surface area contributed by atoms with E-state index in [1.165, 1.54) is 12.1 Å². The lowest BCUT2D eigenvalue weighted by molar-refractivity contribution is 0.546. The van der Waals surface area contributed by atoms with E-state index in [1.54, 1.807) is 0 Å². The van der Waals surface area contributed by atoms with E-state index in [0.29, 0.717) is 41.8 Å². The molecule has 0 saturated heterocycles. The minimum absolute atomic E-state index is 0.150. The molecule has 0 radical (unpaired) electrons. The van der Waals surface area contributed by atoms with Crippen LogP contribution in [0.1, 0.15) is 36.7 Å². The average Bonchev–Trinajstić information content (AvgIpc) is 2.57. The van der Waals surface area contributed by atoms with Gasteiger partial charge in [0, 0.05) is 38.7 Å². The molecule has 0 spiro atoms. The maximum Gasteiger partial charge on any atom is 0.230 e. The summed E-state index contributed by atoms with van der Waals surface area (Å²) in [6, 6.07) is 2.36. The van der Waals surface area contributed by atoms with Gasteiger partial charge in [-0.15, -0.1) is 0 Å². The molecule has 2 heterocycles. The van der Waals surface area contributed by atoms with E-state index in [-0.39, 0.29) is 24.1 Å². The lowest BCUT2D eigenvalue weighted by Crippen LogP contribution is -2.34. The Hall–Kier alpha value is -2.31. The molecule has 5 nitrogen and oxygen atoms in total. The molecule has 7 heteroatoms. The number of rotatable bonds is 3. The Bertz CT molecular complexity index is 735. The quantitative estimate of drug-likeness (QED) is 0.864. The Morgan fingerprint density at radius 3 is 2.33 bits per heavy atom. The lowest BCUT2D eigenvalue weighted by atomic mass is 9.99. The van der Waals surface area contributed by atoms with Gasteiger partial charge in [-0.25, -0.2) is 8.78 Å². The van der Waals surface area contributed by atoms with E-state index in [0.717, 1.165) is 0 Å². The molecule has 24 heavy (non-hydrogen) atoms. The standard InChI is InChI=1S/C17H21F2N5/c1-10(2)15-20-16(23(3)4)22-17(21-15)24-8-7-11-12(9-24)14(19)6-5-13(11)18/h5-6,10H,7-9H2,1-4H3. The first-order valence-corrected chi connectivity index (χ1v) is 8.00. The van der Waals surface area contributed by atoms with Crippen LogP contribution in [0.2, 0.25) is 0 Å². The van der Waals surface area contributed by atoms with Crippen molar-refractivity contribution < 1.29 is 8.78 Å². The molecule has 0 bridgehead atoms. The summed E-state index contributed by atoms with van der Waals surface area (Å²) < 4.78 is 28.0. The molecule has 0 aliphatic carbocycles. The highest BCUT2D eigenvalue weighted by molar-refractivity contribution is 5.44. The number of halogens is 2. The molecular formula is C17H21F2N5. The number of hydrogen-bond donors (Lipinski definition) is 0. The molecule has 1 aliphatic rings. The Morgan fingerprint density at radius 1 is 1.04 bits per heavy atom. The first-order chi connectivity index (χ1) is 11.4. The topological polar surface area (TPSA) is 45.2 Å². The van der Waals surface area contributed by atoms with Crippen LogP contribution in [0, 0.1) is 11.6 Å². The van der Waals surface area contributed by atoms with Gasteiger partial charge in [0.15, 0.2) is 0 Å². The van der Waals surface area contributed by atoms with E-state index < -0.39 is 0 Å². The van der Waals surface area contributed by atoms with Crippen LogP contribution < -0.4 is 9.80 Å². The van der Waals surface area contributed by atoms with Gasteiger partial charge in [-0.2, -0.15) is 15.0 Å². The van der Waals surface area contributed by atoms with Crippen molar-refractivity contribution in [3.63, 3.8) is 0 Å². The Morgan fingerprint density at radius 2 is 1.71 bits per heavy atom. The van der Waals surface area contributed by atoms with Crippen LogP contribution in [0.25, 0.3) is 0 Å². The Labute approximate surface area is 140 Å². The largest absolute Gasteiger partial charge is 0.347 e. The summed E-state index contributed by atoms with van der Waals surface area (Å²) in [5.41, 5.74) is 0.844. The van der Waals surface area contributed by atoms with Crippen LogP contribution >= 0.6 is 0 Å². The van der Waals surface area contributed by atoms with E-state index in [4.69, 9.17) is 0 Å². The summed E-state index contributed by atoms with van der Waals surface area (Å²) in [6.45, 7) is 4.83. The van der Waals surface area contributed by atoms with Crippen LogP contribution in [0.4, 0.5) is 20.7 Å². The zero-order valence-electron chi connectivity index (χ0n) is 14.3. The molecule has 0 N–H and O–H groups in total. The predicted molar refractivity (Wildman–Crippen MR) is 89.4 cm³/mol. The van der Waals surface area contributed by atoms with Crippen molar-refractivity contribution >= 4 is 11.9 Å². The van der Waals surface area contributed by atoms with Crippen molar-refractivity contribution in [2.45, 2.75) is 32.7 Å². The van der Waals surface area contributed by atoms with E-state index >= 15 is 0 Å². The smallest absolute Gasteiger partial charge is 0.230 e. The molecule has 0 saturated carbocycles. The normalized spacial score (nSPS) is 14.0. The zero-order valence-corrected chi connectivity index (χ0v) is 14.3. The first-order valence-electron chi connectivity index (χ1n) is 8.00. The molecule has 0 amide bonds. The number of fused-ring (bicyclic) bond motifs is 1. The third-order valence-electron chi connectivity index (χ3n) is 4.13. The highest BCUT2D eigenvalue weighted by atomic mass is 19.1. The summed E-state index contributed by atoms with van der Waals surface area (Å²) in [6.07, 6.45) is 0.429. The second-order valence-electron chi connectivity index (χ2n) is 6.50. The maximum atomic E-state index is 14.1. The number of aromatic nitrogens is 3. The van der Waals surface area contributed by atoms with Gasteiger partial charge < -0.3 is 9.80 Å². The minimum Gasteiger partial charge on any atom is -0.347 e. The average molecular weight is 333 g/mol. The summed E-state index contributed by atoms with van der Waals surface area (Å²) in [5.74, 6) is 1.17. The van der Waals surface area contributed by atoms with Crippen molar-refractivity contribution in [2.24, 2.45) is 0 Å². The molecule has 1 aromatic heterocycles. The summed E-state index contributed by atoms with van der Waals surface area (Å²) in [4.78, 5) is 17.1. The molecule has 128 valence electrons. The molecular weight excluding hydrogens is 312 g/mol. The SMILES string of the molecule is CC(C)c1nc(N(C)C)nc(N2CCc3c(F)ccc(F)c3C2)n1. The van der Waals surface area contributed by atoms with Gasteiger partial charge in [0.05, 0.1) is 0 Å². The number of hydrogen-bond acceptors (Lipinski definition) is 5. The fourth-order valence-corrected chi connectivity index (χ4v) is 2.73. The molecule has 0 atom stereocenters. The number of benzene rings is 1. The molecule has 0 fully saturated rings. The van der Waals surface area contributed by atoms with Crippen molar-refractivity contribution in [1.29, 1.82) is 0 Å². The molecule has 1 aliphatic heterocycles. The molecule has 1 aromatic carbocycles. The fraction of sp³-hybridized carbons (Fsp3) is 0.471. The predicted octanol–water partition coefficient (Wildman–Crippen LogP) is 2.90. The highest BCUT2D eigenvalue weighted by Crippen LogP contribution is 2.27. The van der Waals surface area contributed by atoms with Crippen molar-refractivity contribution in [3.8, 4) is 0 Å². The van der Waals surface area contributed by atoms with Gasteiger partial charge in [0.2, 0.25) is 11.9 Å². The number of nitrogens with zero attached hydrogens (tertiary/aromatic N) is 5. The van der Waals surface area contributed by atoms with E-state index in [9.17, 15) is 8.78 Å². The molecule has 3 rings (SSSR count). The zero-order chi connectivity index (χ0) is 17.4. The van der Waals surface area contributed by atoms with Crippen LogP contribution in [-0.2, 0) is 13.0 Å². The highest BCUT2D eigenvalue weighted by Gasteiger charge is 2.25. The van der Waals surface area contributed by atoms with Gasteiger partial charge >= 0.3 is 0 Å². The van der Waals surface area contributed by atoms with Crippen LogP contribution in [0.15, 0.2) is 12.1 Å². The Kier molecular flexibility index (Phi) is 4.34. The molecule has 0 unspecified atom stereocenters. The van der Waals surface area contributed by atoms with E-state index in [1.807, 2.05) is 37.7 Å². The van der Waals surface area contributed by atoms with Crippen LogP contribution in [0.3, 0.4) is 0 Å². The second-order valence-corrected chi connectivity index (χ2v) is 6.50. The van der Waals surface area contributed by atoms with E-state index in [2.05, 4.69) is 15.0 Å². The lowest BCUT2D eigenvalue weighted by Gasteiger charge is -2.30. The summed E-state index contributed by atoms with van der Waals surface area (Å²) >= 11 is 0. The summed E-state index contributed by atoms with van der Waals surface area (Å²) in [7, 11) is 3.73. The van der Waals surface area contributed by atoms with Crippen LogP contribution in [0.5, 0.6) is 0 Å². The fourth-order valence-electron chi connectivity index (χ4n) is 2.73. The van der Waals surface area contributed by atoms with Gasteiger partial charge in [-0.05, 0) is 24.1 Å². The Balaban J connectivity index is 1.99. The van der Waals surface area contributed by atoms with Crippen molar-refractivity contribution in [3.05, 3.63) is 40.7 Å². The summed E-state index contributed by atoms with van der Waals surface area (Å²) in [5, 5.41) is 0. The van der Waals surface area contributed by atoms with Crippen molar-refractivity contribution in [2.75, 3.05) is 30.4 Å². The van der Waals surface area contributed by atoms with Crippen molar-refractivity contribution in [1.82, 2.24) is 15.0 Å². The third-order valence-corrected chi connectivity index (χ3v) is 4.13. The third kappa shape index (κ3) is 3.02. The van der Waals surface area contributed by atoms with Gasteiger partial charge in [-0.1, -0.05) is 13.8 Å². The van der Waals surface area contributed by atoms with Gasteiger partial charge in [0.25, 0.3) is 0 Å². The first kappa shape index (κ1) is 16.5. The van der Waals surface area contributed by atoms with Gasteiger partial charge in [-0.3, -0.25) is 0 Å². The van der Waals surface area contributed by atoms with Gasteiger partial charge in [0.1, 0.15) is 17.5 Å². The second kappa shape index (κ2) is 6.30. The minimum atomic E-state index is -0.387. The monoisotopic (exact) mass is 333 g/mol.